The van der Waals surface area contributed by atoms with Gasteiger partial charge in [0.05, 0.1) is 24.4 Å². The number of alkyl halides is 3. The minimum Gasteiger partial charge on any atom is -0.416 e. The third-order valence-electron chi connectivity index (χ3n) is 3.75. The average Bonchev–Trinajstić information content (AvgIpc) is 2.82. The smallest absolute Gasteiger partial charge is 0.416 e. The molecule has 0 amide bonds. The number of aromatic nitrogens is 2. The Labute approximate surface area is 141 Å². The van der Waals surface area contributed by atoms with E-state index in [-0.39, 0.29) is 24.2 Å². The predicted molar refractivity (Wildman–Crippen MR) is 88.5 cm³/mol. The maximum atomic E-state index is 13.5. The van der Waals surface area contributed by atoms with Crippen LogP contribution in [-0.4, -0.2) is 23.8 Å². The van der Waals surface area contributed by atoms with Crippen LogP contribution in [0, 0.1) is 0 Å². The van der Waals surface area contributed by atoms with Crippen LogP contribution in [0.4, 0.5) is 13.2 Å². The first kappa shape index (κ1) is 18.9. The second-order valence-electron chi connectivity index (χ2n) is 7.09. The van der Waals surface area contributed by atoms with Gasteiger partial charge >= 0.3 is 6.18 Å². The van der Waals surface area contributed by atoms with Gasteiger partial charge in [-0.2, -0.15) is 18.3 Å². The van der Waals surface area contributed by atoms with E-state index >= 15 is 0 Å². The highest BCUT2D eigenvalue weighted by molar-refractivity contribution is 6.48. The zero-order valence-corrected chi connectivity index (χ0v) is 15.7. The van der Waals surface area contributed by atoms with Crippen molar-refractivity contribution < 1.29 is 22.7 Å². The van der Waals surface area contributed by atoms with Crippen molar-refractivity contribution >= 4 is 14.6 Å². The lowest BCUT2D eigenvalue weighted by Gasteiger charge is -2.22. The summed E-state index contributed by atoms with van der Waals surface area (Å²) in [5.74, 6) is 0. The fraction of sp³-hybridized carbons (Fsp3) is 0.562. The summed E-state index contributed by atoms with van der Waals surface area (Å²) in [6, 6.07) is 3.38. The molecule has 2 aromatic rings. The molecule has 0 atom stereocenters. The number of aliphatic hydroxyl groups is 1. The third kappa shape index (κ3) is 3.65. The SMILES string of the molecule is C[SiH](C)OCc1c(C(F)(F)F)nn2c(CO)ccc(C(C)(C)C)c12. The van der Waals surface area contributed by atoms with Gasteiger partial charge in [0.25, 0.3) is 0 Å². The number of pyridine rings is 1. The molecule has 0 aromatic carbocycles. The summed E-state index contributed by atoms with van der Waals surface area (Å²) < 4.78 is 47.3. The molecule has 2 heterocycles. The van der Waals surface area contributed by atoms with E-state index in [2.05, 4.69) is 5.10 Å². The van der Waals surface area contributed by atoms with Crippen molar-refractivity contribution in [2.45, 2.75) is 58.7 Å². The molecule has 0 unspecified atom stereocenters. The van der Waals surface area contributed by atoms with Gasteiger partial charge in [-0.05, 0) is 30.1 Å². The van der Waals surface area contributed by atoms with E-state index in [1.165, 1.54) is 4.52 Å². The second-order valence-corrected chi connectivity index (χ2v) is 9.52. The molecule has 4 nitrogen and oxygen atoms in total. The predicted octanol–water partition coefficient (Wildman–Crippen LogP) is 3.64. The van der Waals surface area contributed by atoms with E-state index in [0.29, 0.717) is 11.2 Å². The highest BCUT2D eigenvalue weighted by Gasteiger charge is 2.39. The number of aliphatic hydroxyl groups excluding tert-OH is 1. The van der Waals surface area contributed by atoms with Crippen LogP contribution < -0.4 is 0 Å². The van der Waals surface area contributed by atoms with Gasteiger partial charge in [0.1, 0.15) is 0 Å². The summed E-state index contributed by atoms with van der Waals surface area (Å²) in [4.78, 5) is 0. The van der Waals surface area contributed by atoms with Gasteiger partial charge in [-0.15, -0.1) is 0 Å². The third-order valence-corrected chi connectivity index (χ3v) is 4.59. The molecule has 0 aliphatic carbocycles. The Hall–Kier alpha value is -1.38. The molecule has 1 N–H and O–H groups in total. The minimum absolute atomic E-state index is 0.0453. The highest BCUT2D eigenvalue weighted by atomic mass is 28.3. The van der Waals surface area contributed by atoms with E-state index < -0.39 is 20.9 Å². The molecule has 24 heavy (non-hydrogen) atoms. The summed E-state index contributed by atoms with van der Waals surface area (Å²) in [6.07, 6.45) is -4.58. The molecule has 0 saturated heterocycles. The number of hydrogen-bond donors (Lipinski definition) is 1. The molecular weight excluding hydrogens is 337 g/mol. The topological polar surface area (TPSA) is 46.8 Å². The van der Waals surface area contributed by atoms with E-state index in [4.69, 9.17) is 4.43 Å². The van der Waals surface area contributed by atoms with Crippen molar-refractivity contribution in [3.63, 3.8) is 0 Å². The van der Waals surface area contributed by atoms with Crippen molar-refractivity contribution in [3.8, 4) is 0 Å². The normalized spacial score (nSPS) is 13.2. The Morgan fingerprint density at radius 1 is 1.21 bits per heavy atom. The van der Waals surface area contributed by atoms with Crippen molar-refractivity contribution in [2.24, 2.45) is 0 Å². The summed E-state index contributed by atoms with van der Waals surface area (Å²) in [5, 5.41) is 13.3. The van der Waals surface area contributed by atoms with Gasteiger partial charge in [-0.3, -0.25) is 0 Å². The number of hydrogen-bond acceptors (Lipinski definition) is 3. The lowest BCUT2D eigenvalue weighted by atomic mass is 9.85. The number of halogens is 3. The maximum absolute atomic E-state index is 13.5. The van der Waals surface area contributed by atoms with Crippen molar-refractivity contribution in [1.29, 1.82) is 0 Å². The monoisotopic (exact) mass is 360 g/mol. The molecule has 2 rings (SSSR count). The molecular formula is C16H23F3N2O2Si. The first-order chi connectivity index (χ1) is 11.0. The van der Waals surface area contributed by atoms with Crippen LogP contribution >= 0.6 is 0 Å². The summed E-state index contributed by atoms with van der Waals surface area (Å²) in [5.41, 5.74) is 0.175. The van der Waals surface area contributed by atoms with Crippen molar-refractivity contribution in [1.82, 2.24) is 9.61 Å². The zero-order chi connectivity index (χ0) is 18.3. The second kappa shape index (κ2) is 6.49. The van der Waals surface area contributed by atoms with Crippen LogP contribution in [0.15, 0.2) is 12.1 Å². The molecule has 0 aliphatic heterocycles. The largest absolute Gasteiger partial charge is 0.435 e. The molecule has 0 radical (unpaired) electrons. The van der Waals surface area contributed by atoms with Crippen LogP contribution in [0.1, 0.15) is 43.3 Å². The van der Waals surface area contributed by atoms with Gasteiger partial charge < -0.3 is 9.53 Å². The van der Waals surface area contributed by atoms with Gasteiger partial charge in [-0.1, -0.05) is 26.8 Å². The lowest BCUT2D eigenvalue weighted by Crippen LogP contribution is -2.16. The van der Waals surface area contributed by atoms with Crippen LogP contribution in [0.3, 0.4) is 0 Å². The fourth-order valence-electron chi connectivity index (χ4n) is 2.60. The number of nitrogens with zero attached hydrogens (tertiary/aromatic N) is 2. The summed E-state index contributed by atoms with van der Waals surface area (Å²) >= 11 is 0. The van der Waals surface area contributed by atoms with Crippen LogP contribution in [0.5, 0.6) is 0 Å². The van der Waals surface area contributed by atoms with E-state index in [1.54, 1.807) is 12.1 Å². The van der Waals surface area contributed by atoms with Gasteiger partial charge in [0.2, 0.25) is 0 Å². The van der Waals surface area contributed by atoms with Crippen LogP contribution in [0.2, 0.25) is 13.1 Å². The molecule has 0 saturated carbocycles. The van der Waals surface area contributed by atoms with Gasteiger partial charge in [-0.25, -0.2) is 4.52 Å². The Morgan fingerprint density at radius 2 is 1.83 bits per heavy atom. The first-order valence-corrected chi connectivity index (χ1v) is 10.6. The Balaban J connectivity index is 2.85. The van der Waals surface area contributed by atoms with Crippen molar-refractivity contribution in [2.75, 3.05) is 0 Å². The highest BCUT2D eigenvalue weighted by Crippen LogP contribution is 2.37. The molecule has 2 aromatic heterocycles. The zero-order valence-electron chi connectivity index (χ0n) is 14.5. The molecule has 134 valence electrons. The van der Waals surface area contributed by atoms with Crippen LogP contribution in [-0.2, 0) is 29.2 Å². The first-order valence-electron chi connectivity index (χ1n) is 7.80. The van der Waals surface area contributed by atoms with E-state index in [1.807, 2.05) is 33.9 Å². The number of rotatable bonds is 4. The van der Waals surface area contributed by atoms with Gasteiger partial charge in [0, 0.05) is 5.56 Å². The lowest BCUT2D eigenvalue weighted by molar-refractivity contribution is -0.142. The van der Waals surface area contributed by atoms with E-state index in [0.717, 1.165) is 5.56 Å². The summed E-state index contributed by atoms with van der Waals surface area (Å²) in [7, 11) is -1.50. The molecule has 8 heteroatoms. The fourth-order valence-corrected chi connectivity index (χ4v) is 3.10. The summed E-state index contributed by atoms with van der Waals surface area (Å²) in [6.45, 7) is 9.10. The van der Waals surface area contributed by atoms with Gasteiger partial charge in [0.15, 0.2) is 14.7 Å². The quantitative estimate of drug-likeness (QED) is 0.847. The maximum Gasteiger partial charge on any atom is 0.435 e. The average molecular weight is 360 g/mol. The number of fused-ring (bicyclic) bond motifs is 1. The standard InChI is InChI=1S/C16H23F3N2O2Si/c1-15(2,3)12-7-6-10(8-22)21-13(12)11(9-23-24(4)5)14(20-21)16(17,18)19/h6-7,22,24H,8-9H2,1-5H3. The Bertz CT molecular complexity index is 733. The molecule has 0 fully saturated rings. The molecule has 0 aliphatic rings. The minimum atomic E-state index is -4.58. The Kier molecular flexibility index (Phi) is 5.13. The molecule has 0 bridgehead atoms. The van der Waals surface area contributed by atoms with Crippen LogP contribution in [0.25, 0.3) is 5.52 Å². The van der Waals surface area contributed by atoms with E-state index in [9.17, 15) is 18.3 Å². The Morgan fingerprint density at radius 3 is 2.29 bits per heavy atom. The molecule has 0 spiro atoms. The van der Waals surface area contributed by atoms with Crippen molar-refractivity contribution in [3.05, 3.63) is 34.6 Å².